The first-order chi connectivity index (χ1) is 13.5. The number of benzene rings is 2. The number of amides is 2. The highest BCUT2D eigenvalue weighted by molar-refractivity contribution is 5.89. The lowest BCUT2D eigenvalue weighted by molar-refractivity contribution is 0.0819. The Bertz CT molecular complexity index is 771. The number of hydrogen-bond donors (Lipinski definition) is 1. The van der Waals surface area contributed by atoms with Crippen LogP contribution >= 0.6 is 0 Å². The number of urea groups is 1. The van der Waals surface area contributed by atoms with Gasteiger partial charge in [-0.25, -0.2) is 4.79 Å². The predicted octanol–water partition coefficient (Wildman–Crippen LogP) is 3.97. The van der Waals surface area contributed by atoms with Crippen molar-refractivity contribution in [2.24, 2.45) is 0 Å². The molecule has 1 saturated heterocycles. The second-order valence-corrected chi connectivity index (χ2v) is 7.24. The van der Waals surface area contributed by atoms with Crippen molar-refractivity contribution in [3.63, 3.8) is 0 Å². The van der Waals surface area contributed by atoms with Gasteiger partial charge in [0.2, 0.25) is 0 Å². The van der Waals surface area contributed by atoms with E-state index in [2.05, 4.69) is 34.5 Å². The van der Waals surface area contributed by atoms with E-state index in [1.807, 2.05) is 43.3 Å². The summed E-state index contributed by atoms with van der Waals surface area (Å²) < 4.78 is 11.0. The van der Waals surface area contributed by atoms with Gasteiger partial charge in [0.25, 0.3) is 0 Å². The van der Waals surface area contributed by atoms with Gasteiger partial charge in [-0.3, -0.25) is 0 Å². The van der Waals surface area contributed by atoms with Crippen molar-refractivity contribution in [2.75, 3.05) is 44.6 Å². The van der Waals surface area contributed by atoms with Gasteiger partial charge < -0.3 is 24.6 Å². The van der Waals surface area contributed by atoms with Gasteiger partial charge in [0, 0.05) is 51.2 Å². The normalized spacial score (nSPS) is 15.9. The van der Waals surface area contributed by atoms with E-state index >= 15 is 0 Å². The topological polar surface area (TPSA) is 54.0 Å². The van der Waals surface area contributed by atoms with Gasteiger partial charge in [0.1, 0.15) is 5.75 Å². The Morgan fingerprint density at radius 3 is 2.64 bits per heavy atom. The quantitative estimate of drug-likeness (QED) is 0.786. The van der Waals surface area contributed by atoms with Gasteiger partial charge in [-0.15, -0.1) is 0 Å². The Balaban J connectivity index is 1.72. The van der Waals surface area contributed by atoms with Crippen molar-refractivity contribution in [3.05, 3.63) is 54.1 Å². The number of nitrogens with one attached hydrogen (secondary N) is 1. The average Bonchev–Trinajstić information content (AvgIpc) is 3.21. The molecule has 0 unspecified atom stereocenters. The van der Waals surface area contributed by atoms with Gasteiger partial charge in [-0.2, -0.15) is 0 Å². The molecule has 3 rings (SSSR count). The first-order valence-electron chi connectivity index (χ1n) is 9.63. The van der Waals surface area contributed by atoms with E-state index in [1.54, 1.807) is 7.11 Å². The van der Waals surface area contributed by atoms with Crippen LogP contribution in [-0.2, 0) is 11.3 Å². The first kappa shape index (κ1) is 20.0. The molecular weight excluding hydrogens is 354 g/mol. The zero-order valence-corrected chi connectivity index (χ0v) is 16.9. The number of carbonyl (C=O) groups is 1. The zero-order valence-electron chi connectivity index (χ0n) is 16.9. The third-order valence-corrected chi connectivity index (χ3v) is 4.88. The maximum Gasteiger partial charge on any atom is 0.322 e. The summed E-state index contributed by atoms with van der Waals surface area (Å²) in [4.78, 5) is 16.9. The van der Waals surface area contributed by atoms with Crippen LogP contribution in [0.4, 0.5) is 16.2 Å². The summed E-state index contributed by atoms with van der Waals surface area (Å²) in [5, 5.41) is 2.98. The summed E-state index contributed by atoms with van der Waals surface area (Å²) in [6.45, 7) is 1.88. The Morgan fingerprint density at radius 2 is 2.00 bits per heavy atom. The van der Waals surface area contributed by atoms with Crippen LogP contribution in [0.3, 0.4) is 0 Å². The van der Waals surface area contributed by atoms with Crippen molar-refractivity contribution < 1.29 is 14.3 Å². The average molecular weight is 383 g/mol. The highest BCUT2D eigenvalue weighted by Crippen LogP contribution is 2.20. The van der Waals surface area contributed by atoms with Gasteiger partial charge >= 0.3 is 6.03 Å². The third-order valence-electron chi connectivity index (χ3n) is 4.88. The van der Waals surface area contributed by atoms with Crippen molar-refractivity contribution in [3.8, 4) is 5.75 Å². The lowest BCUT2D eigenvalue weighted by Gasteiger charge is -2.26. The smallest absolute Gasteiger partial charge is 0.322 e. The lowest BCUT2D eigenvalue weighted by Crippen LogP contribution is -2.39. The number of ether oxygens (including phenoxy) is 2. The molecule has 0 bridgehead atoms. The summed E-state index contributed by atoms with van der Waals surface area (Å²) >= 11 is 0. The van der Waals surface area contributed by atoms with E-state index in [-0.39, 0.29) is 12.1 Å². The molecule has 2 aromatic carbocycles. The second kappa shape index (κ2) is 9.46. The molecule has 0 aliphatic carbocycles. The Hall–Kier alpha value is -2.73. The molecule has 0 spiro atoms. The van der Waals surface area contributed by atoms with E-state index in [1.165, 1.54) is 0 Å². The number of carbonyl (C=O) groups excluding carboxylic acids is 1. The van der Waals surface area contributed by atoms with E-state index < -0.39 is 0 Å². The molecule has 1 fully saturated rings. The van der Waals surface area contributed by atoms with Crippen molar-refractivity contribution >= 4 is 17.4 Å². The van der Waals surface area contributed by atoms with Crippen molar-refractivity contribution in [2.45, 2.75) is 25.5 Å². The fraction of sp³-hybridized carbons (Fsp3) is 0.409. The highest BCUT2D eigenvalue weighted by atomic mass is 16.5. The fourth-order valence-electron chi connectivity index (χ4n) is 3.28. The molecule has 1 heterocycles. The Kier molecular flexibility index (Phi) is 6.76. The number of nitrogens with zero attached hydrogens (tertiary/aromatic N) is 2. The molecule has 6 heteroatoms. The van der Waals surface area contributed by atoms with Crippen LogP contribution in [-0.4, -0.2) is 51.4 Å². The van der Waals surface area contributed by atoms with Crippen molar-refractivity contribution in [1.29, 1.82) is 0 Å². The molecule has 1 aliphatic rings. The summed E-state index contributed by atoms with van der Waals surface area (Å²) in [5.41, 5.74) is 2.93. The summed E-state index contributed by atoms with van der Waals surface area (Å²) in [7, 11) is 5.64. The molecule has 0 saturated carbocycles. The minimum absolute atomic E-state index is 0.0945. The number of anilines is 2. The van der Waals surface area contributed by atoms with Crippen LogP contribution in [0.25, 0.3) is 0 Å². The largest absolute Gasteiger partial charge is 0.497 e. The van der Waals surface area contributed by atoms with E-state index in [4.69, 9.17) is 9.47 Å². The molecule has 1 atom stereocenters. The van der Waals surface area contributed by atoms with Gasteiger partial charge in [-0.05, 0) is 42.7 Å². The molecule has 6 nitrogen and oxygen atoms in total. The minimum Gasteiger partial charge on any atom is -0.497 e. The molecule has 2 aromatic rings. The molecule has 2 amide bonds. The highest BCUT2D eigenvalue weighted by Gasteiger charge is 2.23. The van der Waals surface area contributed by atoms with E-state index in [0.29, 0.717) is 24.5 Å². The Labute approximate surface area is 167 Å². The molecule has 28 heavy (non-hydrogen) atoms. The maximum absolute atomic E-state index is 13.0. The lowest BCUT2D eigenvalue weighted by atomic mass is 10.1. The fourth-order valence-corrected chi connectivity index (χ4v) is 3.28. The van der Waals surface area contributed by atoms with Crippen LogP contribution in [0.2, 0.25) is 0 Å². The SMILES string of the molecule is COc1cccc(NC(=O)N(Cc2ccc(N(C)C)cc2)C[C@H]2CCCO2)c1. The number of methoxy groups -OCH3 is 1. The molecule has 0 aromatic heterocycles. The molecule has 150 valence electrons. The summed E-state index contributed by atoms with van der Waals surface area (Å²) in [6.07, 6.45) is 2.13. The standard InChI is InChI=1S/C22H29N3O3/c1-24(2)19-11-9-17(10-12-19)15-25(16-21-8-5-13-28-21)22(26)23-18-6-4-7-20(14-18)27-3/h4,6-7,9-12,14,21H,5,8,13,15-16H2,1-3H3,(H,23,26)/t21-/m1/s1. The van der Waals surface area contributed by atoms with Crippen LogP contribution in [0.5, 0.6) is 5.75 Å². The zero-order chi connectivity index (χ0) is 19.9. The third kappa shape index (κ3) is 5.39. The second-order valence-electron chi connectivity index (χ2n) is 7.24. The molecule has 1 N–H and O–H groups in total. The van der Waals surface area contributed by atoms with Crippen LogP contribution in [0, 0.1) is 0 Å². The minimum atomic E-state index is -0.138. The molecular formula is C22H29N3O3. The van der Waals surface area contributed by atoms with Gasteiger partial charge in [0.15, 0.2) is 0 Å². The van der Waals surface area contributed by atoms with Crippen LogP contribution < -0.4 is 15.0 Å². The summed E-state index contributed by atoms with van der Waals surface area (Å²) in [6, 6.07) is 15.5. The Morgan fingerprint density at radius 1 is 1.21 bits per heavy atom. The summed E-state index contributed by atoms with van der Waals surface area (Å²) in [5.74, 6) is 0.711. The number of hydrogen-bond acceptors (Lipinski definition) is 4. The number of rotatable bonds is 7. The van der Waals surface area contributed by atoms with Gasteiger partial charge in [-0.1, -0.05) is 18.2 Å². The monoisotopic (exact) mass is 383 g/mol. The molecule has 1 aliphatic heterocycles. The predicted molar refractivity (Wildman–Crippen MR) is 112 cm³/mol. The van der Waals surface area contributed by atoms with E-state index in [0.717, 1.165) is 30.7 Å². The first-order valence-corrected chi connectivity index (χ1v) is 9.63. The maximum atomic E-state index is 13.0. The van der Waals surface area contributed by atoms with E-state index in [9.17, 15) is 4.79 Å². The van der Waals surface area contributed by atoms with Crippen LogP contribution in [0.1, 0.15) is 18.4 Å². The van der Waals surface area contributed by atoms with Gasteiger partial charge in [0.05, 0.1) is 13.2 Å². The molecule has 0 radical (unpaired) electrons. The van der Waals surface area contributed by atoms with Crippen LogP contribution in [0.15, 0.2) is 48.5 Å². The van der Waals surface area contributed by atoms with Crippen molar-refractivity contribution in [1.82, 2.24) is 4.90 Å².